The van der Waals surface area contributed by atoms with E-state index in [1.165, 1.54) is 23.1 Å². The van der Waals surface area contributed by atoms with Crippen LogP contribution in [0.4, 0.5) is 5.69 Å². The predicted molar refractivity (Wildman–Crippen MR) is 102 cm³/mol. The molecule has 1 aliphatic rings. The van der Waals surface area contributed by atoms with E-state index in [-0.39, 0.29) is 31.4 Å². The van der Waals surface area contributed by atoms with Crippen LogP contribution in [0, 0.1) is 0 Å². The van der Waals surface area contributed by atoms with E-state index < -0.39 is 5.97 Å². The van der Waals surface area contributed by atoms with Crippen LogP contribution in [0.25, 0.3) is 11.4 Å². The van der Waals surface area contributed by atoms with Gasteiger partial charge in [0.1, 0.15) is 0 Å². The van der Waals surface area contributed by atoms with Crippen molar-refractivity contribution >= 4 is 40.7 Å². The molecular formula is C18H15N3O4S2. The van der Waals surface area contributed by atoms with Gasteiger partial charge in [0.2, 0.25) is 11.7 Å². The van der Waals surface area contributed by atoms with Gasteiger partial charge in [-0.05, 0) is 23.6 Å². The number of ether oxygens (including phenoxy) is 1. The first kappa shape index (κ1) is 17.7. The van der Waals surface area contributed by atoms with Gasteiger partial charge in [0.05, 0.1) is 17.9 Å². The highest BCUT2D eigenvalue weighted by Gasteiger charge is 2.25. The maximum absolute atomic E-state index is 12.2. The van der Waals surface area contributed by atoms with Gasteiger partial charge in [0.15, 0.2) is 6.61 Å². The number of esters is 1. The zero-order valence-electron chi connectivity index (χ0n) is 14.2. The standard InChI is InChI=1S/C18H15N3O4S2/c22-16-11-27-14-4-2-1-3-13(14)21(16)7-5-17(23)24-9-15-19-18(20-25-15)12-6-8-26-10-12/h1-4,6,8,10H,5,7,9,11H2. The summed E-state index contributed by atoms with van der Waals surface area (Å²) in [4.78, 5) is 31.1. The normalized spacial score (nSPS) is 13.5. The first-order chi connectivity index (χ1) is 13.2. The molecule has 2 aromatic heterocycles. The lowest BCUT2D eigenvalue weighted by molar-refractivity contribution is -0.145. The number of nitrogens with zero attached hydrogens (tertiary/aromatic N) is 3. The number of hydrogen-bond acceptors (Lipinski definition) is 8. The second-order valence-corrected chi connectivity index (χ2v) is 7.53. The summed E-state index contributed by atoms with van der Waals surface area (Å²) >= 11 is 3.05. The molecule has 9 heteroatoms. The molecular weight excluding hydrogens is 386 g/mol. The molecule has 0 saturated heterocycles. The fraction of sp³-hybridized carbons (Fsp3) is 0.222. The van der Waals surface area contributed by atoms with Crippen LogP contribution in [0.2, 0.25) is 0 Å². The zero-order chi connectivity index (χ0) is 18.6. The fourth-order valence-electron chi connectivity index (χ4n) is 2.64. The van der Waals surface area contributed by atoms with Crippen molar-refractivity contribution < 1.29 is 18.8 Å². The number of rotatable bonds is 6. The van der Waals surface area contributed by atoms with Gasteiger partial charge in [-0.15, -0.1) is 11.8 Å². The molecule has 4 rings (SSSR count). The Balaban J connectivity index is 1.31. The highest BCUT2D eigenvalue weighted by molar-refractivity contribution is 8.00. The van der Waals surface area contributed by atoms with Crippen molar-refractivity contribution in [2.45, 2.75) is 17.9 Å². The van der Waals surface area contributed by atoms with Gasteiger partial charge in [-0.3, -0.25) is 9.59 Å². The molecule has 0 unspecified atom stereocenters. The van der Waals surface area contributed by atoms with Gasteiger partial charge in [-0.1, -0.05) is 17.3 Å². The van der Waals surface area contributed by atoms with E-state index >= 15 is 0 Å². The third-order valence-corrected chi connectivity index (χ3v) is 5.68. The van der Waals surface area contributed by atoms with Crippen molar-refractivity contribution in [2.24, 2.45) is 0 Å². The van der Waals surface area contributed by atoms with Crippen LogP contribution >= 0.6 is 23.1 Å². The second-order valence-electron chi connectivity index (χ2n) is 5.74. The number of carbonyl (C=O) groups is 2. The Kier molecular flexibility index (Phi) is 5.21. The van der Waals surface area contributed by atoms with Crippen LogP contribution in [-0.2, 0) is 20.9 Å². The van der Waals surface area contributed by atoms with Gasteiger partial charge in [-0.25, -0.2) is 0 Å². The molecule has 0 fully saturated rings. The average molecular weight is 401 g/mol. The Labute approximate surface area is 163 Å². The zero-order valence-corrected chi connectivity index (χ0v) is 15.8. The topological polar surface area (TPSA) is 85.5 Å². The number of anilines is 1. The van der Waals surface area contributed by atoms with Crippen LogP contribution in [0.1, 0.15) is 12.3 Å². The van der Waals surface area contributed by atoms with Crippen molar-refractivity contribution in [3.05, 3.63) is 47.0 Å². The van der Waals surface area contributed by atoms with Gasteiger partial charge >= 0.3 is 5.97 Å². The molecule has 0 spiro atoms. The van der Waals surface area contributed by atoms with E-state index in [0.717, 1.165) is 16.1 Å². The molecule has 3 heterocycles. The molecule has 0 saturated carbocycles. The smallest absolute Gasteiger partial charge is 0.308 e. The third-order valence-electron chi connectivity index (χ3n) is 3.95. The fourth-order valence-corrected chi connectivity index (χ4v) is 4.21. The number of benzene rings is 1. The lowest BCUT2D eigenvalue weighted by Gasteiger charge is -2.28. The van der Waals surface area contributed by atoms with E-state index in [1.807, 2.05) is 41.1 Å². The molecule has 1 aromatic carbocycles. The van der Waals surface area contributed by atoms with Crippen molar-refractivity contribution in [2.75, 3.05) is 17.2 Å². The highest BCUT2D eigenvalue weighted by atomic mass is 32.2. The predicted octanol–water partition coefficient (Wildman–Crippen LogP) is 3.37. The number of fused-ring (bicyclic) bond motifs is 1. The van der Waals surface area contributed by atoms with Gasteiger partial charge in [0.25, 0.3) is 5.89 Å². The van der Waals surface area contributed by atoms with E-state index in [1.54, 1.807) is 4.90 Å². The summed E-state index contributed by atoms with van der Waals surface area (Å²) < 4.78 is 10.3. The van der Waals surface area contributed by atoms with Crippen LogP contribution in [0.15, 0.2) is 50.5 Å². The first-order valence-electron chi connectivity index (χ1n) is 8.23. The molecule has 7 nitrogen and oxygen atoms in total. The van der Waals surface area contributed by atoms with Crippen molar-refractivity contribution in [3.8, 4) is 11.4 Å². The van der Waals surface area contributed by atoms with Crippen LogP contribution < -0.4 is 4.90 Å². The minimum atomic E-state index is -0.422. The Morgan fingerprint density at radius 2 is 2.19 bits per heavy atom. The maximum atomic E-state index is 12.2. The lowest BCUT2D eigenvalue weighted by atomic mass is 10.2. The summed E-state index contributed by atoms with van der Waals surface area (Å²) in [7, 11) is 0. The monoisotopic (exact) mass is 401 g/mol. The Morgan fingerprint density at radius 3 is 3.04 bits per heavy atom. The number of thioether (sulfide) groups is 1. The summed E-state index contributed by atoms with van der Waals surface area (Å²) in [6, 6.07) is 9.55. The summed E-state index contributed by atoms with van der Waals surface area (Å²) in [5.74, 6) is 0.646. The quantitative estimate of drug-likeness (QED) is 0.585. The van der Waals surface area contributed by atoms with Crippen LogP contribution in [0.3, 0.4) is 0 Å². The largest absolute Gasteiger partial charge is 0.456 e. The molecule has 3 aromatic rings. The van der Waals surface area contributed by atoms with E-state index in [0.29, 0.717) is 11.6 Å². The number of carbonyl (C=O) groups excluding carboxylic acids is 2. The summed E-state index contributed by atoms with van der Waals surface area (Å²) in [5, 5.41) is 7.69. The van der Waals surface area contributed by atoms with Gasteiger partial charge in [-0.2, -0.15) is 16.3 Å². The van der Waals surface area contributed by atoms with Crippen molar-refractivity contribution in [1.29, 1.82) is 0 Å². The molecule has 0 bridgehead atoms. The van der Waals surface area contributed by atoms with Crippen molar-refractivity contribution in [1.82, 2.24) is 10.1 Å². The highest BCUT2D eigenvalue weighted by Crippen LogP contribution is 2.34. The average Bonchev–Trinajstić information content (AvgIpc) is 3.37. The molecule has 1 aliphatic heterocycles. The summed E-state index contributed by atoms with van der Waals surface area (Å²) in [5.41, 5.74) is 1.70. The van der Waals surface area contributed by atoms with Gasteiger partial charge in [0, 0.05) is 22.4 Å². The number of thiophene rings is 1. The summed E-state index contributed by atoms with van der Waals surface area (Å²) in [6.45, 7) is 0.190. The SMILES string of the molecule is O=C(CCN1C(=O)CSc2ccccc21)OCc1nc(-c2ccsc2)no1. The van der Waals surface area contributed by atoms with Crippen LogP contribution in [0.5, 0.6) is 0 Å². The Hall–Kier alpha value is -2.65. The molecule has 0 radical (unpaired) electrons. The van der Waals surface area contributed by atoms with Gasteiger partial charge < -0.3 is 14.2 Å². The minimum absolute atomic E-state index is 0.0104. The van der Waals surface area contributed by atoms with E-state index in [2.05, 4.69) is 10.1 Å². The molecule has 27 heavy (non-hydrogen) atoms. The minimum Gasteiger partial charge on any atom is -0.456 e. The molecule has 1 amide bonds. The first-order valence-corrected chi connectivity index (χ1v) is 10.2. The molecule has 0 N–H and O–H groups in total. The second kappa shape index (κ2) is 7.93. The number of hydrogen-bond donors (Lipinski definition) is 0. The maximum Gasteiger partial charge on any atom is 0.308 e. The van der Waals surface area contributed by atoms with E-state index in [9.17, 15) is 9.59 Å². The molecule has 0 aliphatic carbocycles. The molecule has 138 valence electrons. The molecule has 0 atom stereocenters. The number of amides is 1. The Bertz CT molecular complexity index is 955. The summed E-state index contributed by atoms with van der Waals surface area (Å²) in [6.07, 6.45) is 0.0935. The number of aromatic nitrogens is 2. The van der Waals surface area contributed by atoms with Crippen molar-refractivity contribution in [3.63, 3.8) is 0 Å². The van der Waals surface area contributed by atoms with E-state index in [4.69, 9.17) is 9.26 Å². The third kappa shape index (κ3) is 4.04. The Morgan fingerprint density at radius 1 is 1.30 bits per heavy atom. The number of para-hydroxylation sites is 1. The van der Waals surface area contributed by atoms with Crippen LogP contribution in [-0.4, -0.2) is 34.3 Å². The lowest BCUT2D eigenvalue weighted by Crippen LogP contribution is -2.37.